The SMILES string of the molecule is CC(CCO)NS(=O)(=O)Cc1ccc(N)cc1. The summed E-state index contributed by atoms with van der Waals surface area (Å²) in [5, 5.41) is 8.71. The topological polar surface area (TPSA) is 92.4 Å². The quantitative estimate of drug-likeness (QED) is 0.646. The summed E-state index contributed by atoms with van der Waals surface area (Å²) in [7, 11) is -3.37. The fourth-order valence-electron chi connectivity index (χ4n) is 1.43. The van der Waals surface area contributed by atoms with E-state index < -0.39 is 10.0 Å². The van der Waals surface area contributed by atoms with Gasteiger partial charge in [0.25, 0.3) is 0 Å². The van der Waals surface area contributed by atoms with Crippen molar-refractivity contribution in [2.24, 2.45) is 0 Å². The molecule has 0 spiro atoms. The first-order valence-corrected chi connectivity index (χ1v) is 7.03. The van der Waals surface area contributed by atoms with Crippen molar-refractivity contribution in [1.82, 2.24) is 4.72 Å². The zero-order valence-corrected chi connectivity index (χ0v) is 10.6. The smallest absolute Gasteiger partial charge is 0.216 e. The van der Waals surface area contributed by atoms with Gasteiger partial charge in [-0.1, -0.05) is 12.1 Å². The Bertz CT molecular complexity index is 442. The van der Waals surface area contributed by atoms with Crippen LogP contribution in [0.15, 0.2) is 24.3 Å². The molecule has 0 bridgehead atoms. The van der Waals surface area contributed by atoms with Crippen molar-refractivity contribution in [2.75, 3.05) is 12.3 Å². The second kappa shape index (κ2) is 6.00. The van der Waals surface area contributed by atoms with Crippen LogP contribution in [0.1, 0.15) is 18.9 Å². The molecule has 0 aliphatic carbocycles. The van der Waals surface area contributed by atoms with Gasteiger partial charge in [-0.05, 0) is 31.0 Å². The van der Waals surface area contributed by atoms with Crippen molar-refractivity contribution in [3.05, 3.63) is 29.8 Å². The van der Waals surface area contributed by atoms with Gasteiger partial charge in [-0.3, -0.25) is 0 Å². The fourth-order valence-corrected chi connectivity index (χ4v) is 2.88. The predicted octanol–water partition coefficient (Wildman–Crippen LogP) is 0.459. The minimum absolute atomic E-state index is 0.0362. The number of nitrogen functional groups attached to an aromatic ring is 1. The first-order valence-electron chi connectivity index (χ1n) is 5.38. The van der Waals surface area contributed by atoms with Crippen molar-refractivity contribution in [2.45, 2.75) is 25.1 Å². The van der Waals surface area contributed by atoms with Gasteiger partial charge in [-0.2, -0.15) is 0 Å². The minimum Gasteiger partial charge on any atom is -0.399 e. The highest BCUT2D eigenvalue weighted by Gasteiger charge is 2.14. The number of hydrogen-bond acceptors (Lipinski definition) is 4. The minimum atomic E-state index is -3.37. The largest absolute Gasteiger partial charge is 0.399 e. The van der Waals surface area contributed by atoms with E-state index >= 15 is 0 Å². The Morgan fingerprint density at radius 3 is 2.47 bits per heavy atom. The molecule has 17 heavy (non-hydrogen) atoms. The normalized spacial score (nSPS) is 13.5. The van der Waals surface area contributed by atoms with Gasteiger partial charge in [-0.25, -0.2) is 13.1 Å². The van der Waals surface area contributed by atoms with Crippen LogP contribution in [0.2, 0.25) is 0 Å². The number of aliphatic hydroxyl groups excluding tert-OH is 1. The lowest BCUT2D eigenvalue weighted by Crippen LogP contribution is -2.34. The summed E-state index contributed by atoms with van der Waals surface area (Å²) in [4.78, 5) is 0. The number of rotatable bonds is 6. The third-order valence-corrected chi connectivity index (χ3v) is 3.75. The fraction of sp³-hybridized carbons (Fsp3) is 0.455. The monoisotopic (exact) mass is 258 g/mol. The molecular formula is C11H18N2O3S. The molecule has 0 aromatic heterocycles. The zero-order valence-electron chi connectivity index (χ0n) is 9.76. The summed E-state index contributed by atoms with van der Waals surface area (Å²) in [6.07, 6.45) is 0.404. The van der Waals surface area contributed by atoms with Crippen LogP contribution in [0.5, 0.6) is 0 Å². The average Bonchev–Trinajstić information content (AvgIpc) is 2.20. The van der Waals surface area contributed by atoms with Crippen molar-refractivity contribution in [3.8, 4) is 0 Å². The van der Waals surface area contributed by atoms with Crippen LogP contribution in [0.3, 0.4) is 0 Å². The molecule has 96 valence electrons. The molecule has 5 nitrogen and oxygen atoms in total. The van der Waals surface area contributed by atoms with Crippen LogP contribution >= 0.6 is 0 Å². The molecule has 0 saturated heterocycles. The van der Waals surface area contributed by atoms with Crippen LogP contribution < -0.4 is 10.5 Å². The lowest BCUT2D eigenvalue weighted by Gasteiger charge is -2.12. The van der Waals surface area contributed by atoms with E-state index in [1.807, 2.05) is 0 Å². The maximum Gasteiger partial charge on any atom is 0.216 e. The molecule has 4 N–H and O–H groups in total. The van der Waals surface area contributed by atoms with E-state index in [2.05, 4.69) is 4.72 Å². The Morgan fingerprint density at radius 2 is 1.94 bits per heavy atom. The van der Waals surface area contributed by atoms with Crippen LogP contribution in [-0.2, 0) is 15.8 Å². The molecule has 6 heteroatoms. The maximum absolute atomic E-state index is 11.7. The summed E-state index contributed by atoms with van der Waals surface area (Å²) < 4.78 is 26.0. The molecule has 1 aromatic carbocycles. The van der Waals surface area contributed by atoms with Crippen molar-refractivity contribution in [3.63, 3.8) is 0 Å². The maximum atomic E-state index is 11.7. The van der Waals surface area contributed by atoms with Gasteiger partial charge < -0.3 is 10.8 Å². The van der Waals surface area contributed by atoms with E-state index in [4.69, 9.17) is 10.8 Å². The molecular weight excluding hydrogens is 240 g/mol. The molecule has 0 aliphatic heterocycles. The molecule has 1 atom stereocenters. The number of anilines is 1. The van der Waals surface area contributed by atoms with Crippen LogP contribution in [0.25, 0.3) is 0 Å². The van der Waals surface area contributed by atoms with Crippen LogP contribution in [0.4, 0.5) is 5.69 Å². The Kier molecular flexibility index (Phi) is 4.92. The van der Waals surface area contributed by atoms with Crippen molar-refractivity contribution >= 4 is 15.7 Å². The molecule has 0 radical (unpaired) electrons. The molecule has 0 aliphatic rings. The highest BCUT2D eigenvalue weighted by molar-refractivity contribution is 7.88. The summed E-state index contributed by atoms with van der Waals surface area (Å²) >= 11 is 0. The Balaban J connectivity index is 2.63. The van der Waals surface area contributed by atoms with Gasteiger partial charge in [0.05, 0.1) is 5.75 Å². The van der Waals surface area contributed by atoms with E-state index in [0.717, 1.165) is 0 Å². The van der Waals surface area contributed by atoms with E-state index in [9.17, 15) is 8.42 Å². The number of nitrogens with one attached hydrogen (secondary N) is 1. The summed E-state index contributed by atoms with van der Waals surface area (Å²) in [5.41, 5.74) is 6.81. The summed E-state index contributed by atoms with van der Waals surface area (Å²) in [5.74, 6) is -0.0803. The third kappa shape index (κ3) is 5.16. The van der Waals surface area contributed by atoms with Gasteiger partial charge in [-0.15, -0.1) is 0 Å². The van der Waals surface area contributed by atoms with Gasteiger partial charge in [0.2, 0.25) is 10.0 Å². The lowest BCUT2D eigenvalue weighted by atomic mass is 10.2. The first-order chi connectivity index (χ1) is 7.93. The Hall–Kier alpha value is -1.11. The zero-order chi connectivity index (χ0) is 12.9. The van der Waals surface area contributed by atoms with E-state index in [1.165, 1.54) is 0 Å². The highest BCUT2D eigenvalue weighted by Crippen LogP contribution is 2.09. The predicted molar refractivity (Wildman–Crippen MR) is 67.8 cm³/mol. The van der Waals surface area contributed by atoms with Gasteiger partial charge in [0.1, 0.15) is 0 Å². The first kappa shape index (κ1) is 14.0. The number of nitrogens with two attached hydrogens (primary N) is 1. The number of hydrogen-bond donors (Lipinski definition) is 3. The second-order valence-electron chi connectivity index (χ2n) is 4.03. The van der Waals surface area contributed by atoms with Crippen LogP contribution in [0, 0.1) is 0 Å². The molecule has 0 fully saturated rings. The second-order valence-corrected chi connectivity index (χ2v) is 5.79. The Morgan fingerprint density at radius 1 is 1.35 bits per heavy atom. The van der Waals surface area contributed by atoms with Crippen molar-refractivity contribution in [1.29, 1.82) is 0 Å². The van der Waals surface area contributed by atoms with E-state index in [-0.39, 0.29) is 18.4 Å². The molecule has 1 aromatic rings. The number of benzene rings is 1. The average molecular weight is 258 g/mol. The van der Waals surface area contributed by atoms with Gasteiger partial charge in [0.15, 0.2) is 0 Å². The van der Waals surface area contributed by atoms with Gasteiger partial charge in [0, 0.05) is 18.3 Å². The van der Waals surface area contributed by atoms with E-state index in [1.54, 1.807) is 31.2 Å². The molecule has 1 unspecified atom stereocenters. The number of sulfonamides is 1. The molecule has 0 amide bonds. The summed E-state index contributed by atoms with van der Waals surface area (Å²) in [6.45, 7) is 1.68. The summed E-state index contributed by atoms with van der Waals surface area (Å²) in [6, 6.07) is 6.44. The highest BCUT2D eigenvalue weighted by atomic mass is 32.2. The van der Waals surface area contributed by atoms with Gasteiger partial charge >= 0.3 is 0 Å². The number of aliphatic hydroxyl groups is 1. The van der Waals surface area contributed by atoms with Crippen molar-refractivity contribution < 1.29 is 13.5 Å². The molecule has 0 heterocycles. The molecule has 1 rings (SSSR count). The lowest BCUT2D eigenvalue weighted by molar-refractivity contribution is 0.275. The third-order valence-electron chi connectivity index (χ3n) is 2.28. The molecule has 0 saturated carbocycles. The van der Waals surface area contributed by atoms with E-state index in [0.29, 0.717) is 17.7 Å². The van der Waals surface area contributed by atoms with Crippen LogP contribution in [-0.4, -0.2) is 26.2 Å². The Labute approximate surface area is 102 Å². The standard InChI is InChI=1S/C11H18N2O3S/c1-9(6-7-14)13-17(15,16)8-10-2-4-11(12)5-3-10/h2-5,9,13-14H,6-8,12H2,1H3.